The van der Waals surface area contributed by atoms with Crippen molar-refractivity contribution < 1.29 is 24.9 Å². The number of aliphatic carboxylic acids is 2. The number of aliphatic hydroxyl groups is 1. The van der Waals surface area contributed by atoms with Crippen molar-refractivity contribution >= 4 is 11.9 Å². The van der Waals surface area contributed by atoms with Crippen LogP contribution in [0, 0.1) is 5.41 Å². The summed E-state index contributed by atoms with van der Waals surface area (Å²) in [6.45, 7) is 3.82. The summed E-state index contributed by atoms with van der Waals surface area (Å²) in [7, 11) is 0. The zero-order valence-electron chi connectivity index (χ0n) is 7.87. The fraction of sp³-hybridized carbons (Fsp3) is 0.750. The van der Waals surface area contributed by atoms with E-state index in [2.05, 4.69) is 0 Å². The van der Waals surface area contributed by atoms with Crippen molar-refractivity contribution in [1.82, 2.24) is 0 Å². The van der Waals surface area contributed by atoms with Crippen molar-refractivity contribution in [1.29, 1.82) is 0 Å². The smallest absolute Gasteiger partial charge is 0.335 e. The van der Waals surface area contributed by atoms with Crippen LogP contribution in [0.25, 0.3) is 0 Å². The number of carbonyl (C=O) groups is 2. The standard InChI is InChI=1S/C8H14O5/c1-7(2,5(9)10)4-8(3,13)6(11)12/h13H,4H2,1-3H3,(H,9,10)(H,11,12). The van der Waals surface area contributed by atoms with Crippen molar-refractivity contribution in [3.8, 4) is 0 Å². The van der Waals surface area contributed by atoms with E-state index in [-0.39, 0.29) is 6.42 Å². The second kappa shape index (κ2) is 3.33. The second-order valence-electron chi connectivity index (χ2n) is 3.94. The third-order valence-electron chi connectivity index (χ3n) is 1.83. The summed E-state index contributed by atoms with van der Waals surface area (Å²) >= 11 is 0. The Morgan fingerprint density at radius 1 is 1.08 bits per heavy atom. The van der Waals surface area contributed by atoms with Crippen LogP contribution < -0.4 is 0 Å². The van der Waals surface area contributed by atoms with Crippen molar-refractivity contribution in [3.05, 3.63) is 0 Å². The number of carboxylic acid groups (broad SMARTS) is 2. The fourth-order valence-corrected chi connectivity index (χ4v) is 1.01. The van der Waals surface area contributed by atoms with Gasteiger partial charge in [0.15, 0.2) is 5.60 Å². The average molecular weight is 190 g/mol. The minimum Gasteiger partial charge on any atom is -0.481 e. The maximum Gasteiger partial charge on any atom is 0.335 e. The van der Waals surface area contributed by atoms with Gasteiger partial charge in [0, 0.05) is 6.42 Å². The van der Waals surface area contributed by atoms with E-state index in [9.17, 15) is 14.7 Å². The van der Waals surface area contributed by atoms with Gasteiger partial charge >= 0.3 is 11.9 Å². The maximum atomic E-state index is 10.6. The van der Waals surface area contributed by atoms with Crippen LogP contribution in [0.3, 0.4) is 0 Å². The van der Waals surface area contributed by atoms with Crippen molar-refractivity contribution in [2.45, 2.75) is 32.8 Å². The summed E-state index contributed by atoms with van der Waals surface area (Å²) in [5.41, 5.74) is -3.25. The van der Waals surface area contributed by atoms with Crippen LogP contribution in [-0.4, -0.2) is 32.9 Å². The second-order valence-corrected chi connectivity index (χ2v) is 3.94. The van der Waals surface area contributed by atoms with E-state index in [1.165, 1.54) is 13.8 Å². The van der Waals surface area contributed by atoms with Crippen LogP contribution in [0.5, 0.6) is 0 Å². The zero-order valence-corrected chi connectivity index (χ0v) is 7.87. The Hall–Kier alpha value is -1.10. The van der Waals surface area contributed by atoms with E-state index >= 15 is 0 Å². The van der Waals surface area contributed by atoms with Crippen LogP contribution >= 0.6 is 0 Å². The van der Waals surface area contributed by atoms with E-state index in [0.29, 0.717) is 0 Å². The molecule has 0 aliphatic heterocycles. The average Bonchev–Trinajstić information content (AvgIpc) is 1.83. The van der Waals surface area contributed by atoms with Crippen molar-refractivity contribution in [2.24, 2.45) is 5.41 Å². The first-order valence-electron chi connectivity index (χ1n) is 3.79. The molecule has 5 heteroatoms. The molecular formula is C8H14O5. The van der Waals surface area contributed by atoms with Gasteiger partial charge in [-0.3, -0.25) is 4.79 Å². The highest BCUT2D eigenvalue weighted by Crippen LogP contribution is 2.28. The van der Waals surface area contributed by atoms with Crippen molar-refractivity contribution in [2.75, 3.05) is 0 Å². The largest absolute Gasteiger partial charge is 0.481 e. The Bertz CT molecular complexity index is 205. The highest BCUT2D eigenvalue weighted by atomic mass is 16.4. The third kappa shape index (κ3) is 3.02. The number of rotatable bonds is 4. The minimum absolute atomic E-state index is 0.329. The molecule has 0 aliphatic carbocycles. The Morgan fingerprint density at radius 2 is 1.46 bits per heavy atom. The van der Waals surface area contributed by atoms with Crippen LogP contribution in [0.15, 0.2) is 0 Å². The number of hydrogen-bond donors (Lipinski definition) is 3. The lowest BCUT2D eigenvalue weighted by Gasteiger charge is -2.27. The summed E-state index contributed by atoms with van der Waals surface area (Å²) in [5.74, 6) is -2.55. The van der Waals surface area contributed by atoms with Crippen LogP contribution in [0.4, 0.5) is 0 Å². The zero-order chi connectivity index (χ0) is 10.9. The summed E-state index contributed by atoms with van der Waals surface area (Å²) in [6, 6.07) is 0. The number of carboxylic acids is 2. The molecule has 0 aromatic rings. The topological polar surface area (TPSA) is 94.8 Å². The first-order chi connectivity index (χ1) is 5.59. The molecule has 3 N–H and O–H groups in total. The Labute approximate surface area is 76.0 Å². The Kier molecular flexibility index (Phi) is 3.05. The molecule has 0 radical (unpaired) electrons. The normalized spacial score (nSPS) is 16.3. The van der Waals surface area contributed by atoms with E-state index in [4.69, 9.17) is 10.2 Å². The molecular weight excluding hydrogens is 176 g/mol. The molecule has 0 aliphatic rings. The first-order valence-corrected chi connectivity index (χ1v) is 3.79. The fourth-order valence-electron chi connectivity index (χ4n) is 1.01. The summed E-state index contributed by atoms with van der Waals surface area (Å²) in [6.07, 6.45) is -0.329. The van der Waals surface area contributed by atoms with Gasteiger partial charge in [0.05, 0.1) is 5.41 Å². The lowest BCUT2D eigenvalue weighted by atomic mass is 9.81. The molecule has 76 valence electrons. The molecule has 13 heavy (non-hydrogen) atoms. The molecule has 0 rings (SSSR count). The predicted octanol–water partition coefficient (Wildman–Crippen LogP) is 0.323. The molecule has 0 saturated heterocycles. The molecule has 0 spiro atoms. The molecule has 0 aromatic carbocycles. The van der Waals surface area contributed by atoms with E-state index in [1.54, 1.807) is 0 Å². The predicted molar refractivity (Wildman–Crippen MR) is 44.3 cm³/mol. The van der Waals surface area contributed by atoms with E-state index < -0.39 is 23.0 Å². The molecule has 0 heterocycles. The highest BCUT2D eigenvalue weighted by Gasteiger charge is 2.40. The van der Waals surface area contributed by atoms with Crippen LogP contribution in [-0.2, 0) is 9.59 Å². The minimum atomic E-state index is -2.00. The Balaban J connectivity index is 4.61. The van der Waals surface area contributed by atoms with E-state index in [0.717, 1.165) is 6.92 Å². The van der Waals surface area contributed by atoms with Gasteiger partial charge in [-0.15, -0.1) is 0 Å². The highest BCUT2D eigenvalue weighted by molar-refractivity contribution is 5.79. The lowest BCUT2D eigenvalue weighted by Crippen LogP contribution is -2.42. The molecule has 1 atom stereocenters. The molecule has 0 aromatic heterocycles. The number of hydrogen-bond acceptors (Lipinski definition) is 3. The lowest BCUT2D eigenvalue weighted by molar-refractivity contribution is -0.164. The van der Waals surface area contributed by atoms with Crippen LogP contribution in [0.1, 0.15) is 27.2 Å². The molecule has 5 nitrogen and oxygen atoms in total. The molecule has 0 bridgehead atoms. The van der Waals surface area contributed by atoms with Gasteiger partial charge < -0.3 is 15.3 Å². The molecule has 1 unspecified atom stereocenters. The van der Waals surface area contributed by atoms with E-state index in [1.807, 2.05) is 0 Å². The first kappa shape index (κ1) is 11.9. The van der Waals surface area contributed by atoms with Crippen molar-refractivity contribution in [3.63, 3.8) is 0 Å². The van der Waals surface area contributed by atoms with Gasteiger partial charge in [-0.05, 0) is 20.8 Å². The summed E-state index contributed by atoms with van der Waals surface area (Å²) in [4.78, 5) is 21.1. The van der Waals surface area contributed by atoms with Crippen LogP contribution in [0.2, 0.25) is 0 Å². The van der Waals surface area contributed by atoms with Gasteiger partial charge in [-0.25, -0.2) is 4.79 Å². The Morgan fingerprint density at radius 3 is 1.69 bits per heavy atom. The third-order valence-corrected chi connectivity index (χ3v) is 1.83. The molecule has 0 amide bonds. The monoisotopic (exact) mass is 190 g/mol. The quantitative estimate of drug-likeness (QED) is 0.593. The molecule has 0 saturated carbocycles. The van der Waals surface area contributed by atoms with Gasteiger partial charge in [0.1, 0.15) is 0 Å². The van der Waals surface area contributed by atoms with Gasteiger partial charge in [-0.2, -0.15) is 0 Å². The van der Waals surface area contributed by atoms with Gasteiger partial charge in [-0.1, -0.05) is 0 Å². The SMILES string of the molecule is CC(C)(CC(C)(O)C(=O)O)C(=O)O. The summed E-state index contributed by atoms with van der Waals surface area (Å²) in [5, 5.41) is 26.5. The van der Waals surface area contributed by atoms with Gasteiger partial charge in [0.2, 0.25) is 0 Å². The summed E-state index contributed by atoms with van der Waals surface area (Å²) < 4.78 is 0. The molecule has 0 fully saturated rings. The van der Waals surface area contributed by atoms with Gasteiger partial charge in [0.25, 0.3) is 0 Å². The maximum absolute atomic E-state index is 10.6.